The highest BCUT2D eigenvalue weighted by molar-refractivity contribution is 7.21. The number of nitrogens with zero attached hydrogens (tertiary/aromatic N) is 4. The number of hydrogen-bond donors (Lipinski definition) is 1. The van der Waals surface area contributed by atoms with Gasteiger partial charge < -0.3 is 15.1 Å². The van der Waals surface area contributed by atoms with E-state index in [0.29, 0.717) is 0 Å². The largest absolute Gasteiger partial charge is 0.340 e. The summed E-state index contributed by atoms with van der Waals surface area (Å²) < 4.78 is 0. The van der Waals surface area contributed by atoms with Crippen molar-refractivity contribution in [2.75, 3.05) is 37.6 Å². The number of aromatic nitrogens is 2. The predicted octanol–water partition coefficient (Wildman–Crippen LogP) is 1.48. The van der Waals surface area contributed by atoms with Crippen LogP contribution in [0.25, 0.3) is 10.3 Å². The van der Waals surface area contributed by atoms with Crippen LogP contribution in [0, 0.1) is 0 Å². The molecule has 0 radical (unpaired) electrons. The van der Waals surface area contributed by atoms with Crippen molar-refractivity contribution in [3.8, 4) is 0 Å². The average molecular weight is 331 g/mol. The van der Waals surface area contributed by atoms with Gasteiger partial charge in [0.05, 0.1) is 0 Å². The Labute approximate surface area is 139 Å². The quantitative estimate of drug-likeness (QED) is 0.903. The third-order valence-corrected chi connectivity index (χ3v) is 5.61. The fraction of sp³-hybridized carbons (Fsp3) is 0.562. The highest BCUT2D eigenvalue weighted by Gasteiger charge is 2.35. The fourth-order valence-electron chi connectivity index (χ4n) is 3.41. The summed E-state index contributed by atoms with van der Waals surface area (Å²) in [6.07, 6.45) is 4.79. The van der Waals surface area contributed by atoms with E-state index in [1.807, 2.05) is 17.0 Å². The molecule has 1 N–H and O–H groups in total. The Morgan fingerprint density at radius 2 is 2.22 bits per heavy atom. The second-order valence-corrected chi connectivity index (χ2v) is 7.06. The highest BCUT2D eigenvalue weighted by Crippen LogP contribution is 2.32. The fourth-order valence-corrected chi connectivity index (χ4v) is 4.40. The van der Waals surface area contributed by atoms with E-state index >= 15 is 0 Å². The Bertz CT molecular complexity index is 662. The van der Waals surface area contributed by atoms with Gasteiger partial charge in [0.2, 0.25) is 5.91 Å². The minimum absolute atomic E-state index is 0.0614. The molecular weight excluding hydrogens is 310 g/mol. The van der Waals surface area contributed by atoms with Gasteiger partial charge in [0.1, 0.15) is 16.4 Å². The van der Waals surface area contributed by atoms with E-state index in [9.17, 15) is 4.79 Å². The van der Waals surface area contributed by atoms with E-state index in [0.717, 1.165) is 67.5 Å². The second kappa shape index (κ2) is 6.41. The lowest BCUT2D eigenvalue weighted by Crippen LogP contribution is -2.47. The number of nitrogens with one attached hydrogen (secondary N) is 1. The lowest BCUT2D eigenvalue weighted by molar-refractivity contribution is -0.132. The molecule has 2 aliphatic rings. The van der Waals surface area contributed by atoms with Crippen molar-refractivity contribution in [1.29, 1.82) is 0 Å². The Morgan fingerprint density at radius 1 is 1.26 bits per heavy atom. The molecule has 1 amide bonds. The van der Waals surface area contributed by atoms with Crippen molar-refractivity contribution in [3.05, 3.63) is 18.3 Å². The van der Waals surface area contributed by atoms with Gasteiger partial charge in [-0.15, -0.1) is 0 Å². The van der Waals surface area contributed by atoms with E-state index in [1.54, 1.807) is 17.5 Å². The molecule has 2 aromatic rings. The van der Waals surface area contributed by atoms with Crippen molar-refractivity contribution in [2.24, 2.45) is 0 Å². The van der Waals surface area contributed by atoms with Crippen LogP contribution in [-0.2, 0) is 4.79 Å². The maximum atomic E-state index is 13.0. The summed E-state index contributed by atoms with van der Waals surface area (Å²) in [6.45, 7) is 4.47. The number of carbonyl (C=O) groups is 1. The standard InChI is InChI=1S/C16H21N5OS/c22-15(20-9-3-6-17-8-11-20)13-5-2-10-21(13)16-19-12-4-1-7-18-14(12)23-16/h1,4,7,13,17H,2-3,5-6,8-11H2/t13-/m1/s1. The molecule has 0 bridgehead atoms. The molecule has 0 aliphatic carbocycles. The molecule has 2 fully saturated rings. The molecule has 4 heterocycles. The summed E-state index contributed by atoms with van der Waals surface area (Å²) in [5.41, 5.74) is 0.921. The highest BCUT2D eigenvalue weighted by atomic mass is 32.1. The van der Waals surface area contributed by atoms with Crippen molar-refractivity contribution >= 4 is 32.7 Å². The van der Waals surface area contributed by atoms with Gasteiger partial charge in [0, 0.05) is 32.4 Å². The number of pyridine rings is 1. The van der Waals surface area contributed by atoms with Crippen LogP contribution in [0.5, 0.6) is 0 Å². The normalized spacial score (nSPS) is 22.5. The average Bonchev–Trinajstić information content (AvgIpc) is 3.13. The van der Waals surface area contributed by atoms with Gasteiger partial charge >= 0.3 is 0 Å². The first-order valence-electron chi connectivity index (χ1n) is 8.30. The molecule has 7 heteroatoms. The van der Waals surface area contributed by atoms with Gasteiger partial charge in [-0.3, -0.25) is 4.79 Å². The van der Waals surface area contributed by atoms with Crippen molar-refractivity contribution < 1.29 is 4.79 Å². The van der Waals surface area contributed by atoms with Crippen LogP contribution in [0.2, 0.25) is 0 Å². The molecule has 2 saturated heterocycles. The van der Waals surface area contributed by atoms with Crippen molar-refractivity contribution in [1.82, 2.24) is 20.2 Å². The molecule has 0 unspecified atom stereocenters. The SMILES string of the molecule is O=C([C@H]1CCCN1c1nc2cccnc2s1)N1CCCNCC1. The smallest absolute Gasteiger partial charge is 0.245 e. The van der Waals surface area contributed by atoms with Crippen LogP contribution >= 0.6 is 11.3 Å². The van der Waals surface area contributed by atoms with Crippen LogP contribution in [0.1, 0.15) is 19.3 Å². The number of anilines is 1. The zero-order valence-electron chi connectivity index (χ0n) is 13.1. The van der Waals surface area contributed by atoms with Gasteiger partial charge in [-0.1, -0.05) is 11.3 Å². The first kappa shape index (κ1) is 14.8. The van der Waals surface area contributed by atoms with Crippen molar-refractivity contribution in [3.63, 3.8) is 0 Å². The van der Waals surface area contributed by atoms with Crippen LogP contribution in [0.15, 0.2) is 18.3 Å². The number of rotatable bonds is 2. The molecule has 122 valence electrons. The third-order valence-electron chi connectivity index (χ3n) is 4.59. The van der Waals surface area contributed by atoms with E-state index in [-0.39, 0.29) is 11.9 Å². The van der Waals surface area contributed by atoms with Crippen LogP contribution < -0.4 is 10.2 Å². The Morgan fingerprint density at radius 3 is 3.13 bits per heavy atom. The van der Waals surface area contributed by atoms with E-state index < -0.39 is 0 Å². The zero-order valence-corrected chi connectivity index (χ0v) is 13.9. The Kier molecular flexibility index (Phi) is 4.13. The maximum Gasteiger partial charge on any atom is 0.245 e. The molecule has 1 atom stereocenters. The first-order valence-corrected chi connectivity index (χ1v) is 9.12. The second-order valence-electron chi connectivity index (χ2n) is 6.10. The molecule has 2 aliphatic heterocycles. The number of carbonyl (C=O) groups excluding carboxylic acids is 1. The van der Waals surface area contributed by atoms with Crippen LogP contribution in [0.3, 0.4) is 0 Å². The number of thiazole rings is 1. The van der Waals surface area contributed by atoms with Crippen LogP contribution in [-0.4, -0.2) is 59.5 Å². The van der Waals surface area contributed by atoms with Crippen molar-refractivity contribution in [2.45, 2.75) is 25.3 Å². The molecule has 4 rings (SSSR count). The topological polar surface area (TPSA) is 61.4 Å². The third kappa shape index (κ3) is 2.90. The van der Waals surface area contributed by atoms with Gasteiger partial charge in [-0.05, 0) is 37.9 Å². The lowest BCUT2D eigenvalue weighted by Gasteiger charge is -2.29. The number of amides is 1. The summed E-state index contributed by atoms with van der Waals surface area (Å²) in [6, 6.07) is 3.83. The van der Waals surface area contributed by atoms with Gasteiger partial charge in [0.25, 0.3) is 0 Å². The molecule has 0 saturated carbocycles. The summed E-state index contributed by atoms with van der Waals surface area (Å²) in [5.74, 6) is 0.262. The van der Waals surface area contributed by atoms with Gasteiger partial charge in [0.15, 0.2) is 5.13 Å². The molecule has 23 heavy (non-hydrogen) atoms. The Balaban J connectivity index is 1.56. The Hall–Kier alpha value is -1.73. The molecule has 2 aromatic heterocycles. The van der Waals surface area contributed by atoms with Crippen LogP contribution in [0.4, 0.5) is 5.13 Å². The molecule has 0 spiro atoms. The zero-order chi connectivity index (χ0) is 15.6. The predicted molar refractivity (Wildman–Crippen MR) is 91.8 cm³/mol. The molecular formula is C16H21N5OS. The first-order chi connectivity index (χ1) is 11.3. The minimum atomic E-state index is -0.0614. The molecule has 6 nitrogen and oxygen atoms in total. The maximum absolute atomic E-state index is 13.0. The number of hydrogen-bond acceptors (Lipinski definition) is 6. The number of fused-ring (bicyclic) bond motifs is 1. The van der Waals surface area contributed by atoms with E-state index in [1.165, 1.54) is 0 Å². The van der Waals surface area contributed by atoms with E-state index in [2.05, 4.69) is 20.2 Å². The minimum Gasteiger partial charge on any atom is -0.340 e. The summed E-state index contributed by atoms with van der Waals surface area (Å²) >= 11 is 1.59. The lowest BCUT2D eigenvalue weighted by atomic mass is 10.2. The summed E-state index contributed by atoms with van der Waals surface area (Å²) in [5, 5.41) is 4.29. The van der Waals surface area contributed by atoms with Gasteiger partial charge in [-0.2, -0.15) is 0 Å². The monoisotopic (exact) mass is 331 g/mol. The summed E-state index contributed by atoms with van der Waals surface area (Å²) in [7, 11) is 0. The van der Waals surface area contributed by atoms with Gasteiger partial charge in [-0.25, -0.2) is 9.97 Å². The summed E-state index contributed by atoms with van der Waals surface area (Å²) in [4.78, 5) is 27.2. The van der Waals surface area contributed by atoms with E-state index in [4.69, 9.17) is 0 Å². The molecule has 0 aromatic carbocycles.